The van der Waals surface area contributed by atoms with Gasteiger partial charge in [-0.1, -0.05) is 12.3 Å². The van der Waals surface area contributed by atoms with Crippen molar-refractivity contribution in [1.29, 1.82) is 0 Å². The Hall–Kier alpha value is -1.17. The quantitative estimate of drug-likeness (QED) is 0.710. The van der Waals surface area contributed by atoms with Gasteiger partial charge in [0.15, 0.2) is 0 Å². The van der Waals surface area contributed by atoms with E-state index in [4.69, 9.17) is 11.2 Å². The van der Waals surface area contributed by atoms with Crippen LogP contribution >= 0.6 is 0 Å². The van der Waals surface area contributed by atoms with Crippen molar-refractivity contribution in [2.45, 2.75) is 64.0 Å². The Labute approximate surface area is 103 Å². The lowest BCUT2D eigenvalue weighted by Gasteiger charge is -2.58. The SMILES string of the molecule is C#CC1(NC(=O)OC(C)(C)C)CC2(CCC2)C1. The van der Waals surface area contributed by atoms with Gasteiger partial charge in [-0.25, -0.2) is 4.79 Å². The van der Waals surface area contributed by atoms with E-state index in [2.05, 4.69) is 11.2 Å². The monoisotopic (exact) mass is 235 g/mol. The molecule has 0 saturated heterocycles. The van der Waals surface area contributed by atoms with Crippen LogP contribution in [0.15, 0.2) is 0 Å². The highest BCUT2D eigenvalue weighted by Gasteiger charge is 2.57. The van der Waals surface area contributed by atoms with Crippen molar-refractivity contribution in [2.75, 3.05) is 0 Å². The zero-order valence-electron chi connectivity index (χ0n) is 10.9. The maximum absolute atomic E-state index is 11.7. The van der Waals surface area contributed by atoms with Crippen LogP contribution in [0.2, 0.25) is 0 Å². The average molecular weight is 235 g/mol. The maximum atomic E-state index is 11.7. The molecule has 0 bridgehead atoms. The zero-order valence-corrected chi connectivity index (χ0v) is 10.9. The molecule has 2 aliphatic carbocycles. The zero-order chi connectivity index (χ0) is 12.7. The van der Waals surface area contributed by atoms with Crippen LogP contribution in [0.4, 0.5) is 4.79 Å². The summed E-state index contributed by atoms with van der Waals surface area (Å²) in [4.78, 5) is 11.7. The second-order valence-electron chi connectivity index (χ2n) is 6.56. The first-order chi connectivity index (χ1) is 7.78. The van der Waals surface area contributed by atoms with Gasteiger partial charge in [-0.05, 0) is 51.9 Å². The number of amides is 1. The summed E-state index contributed by atoms with van der Waals surface area (Å²) in [5, 5.41) is 2.86. The number of carbonyl (C=O) groups excluding carboxylic acids is 1. The van der Waals surface area contributed by atoms with Crippen LogP contribution in [-0.4, -0.2) is 17.2 Å². The van der Waals surface area contributed by atoms with Gasteiger partial charge in [0.25, 0.3) is 0 Å². The minimum atomic E-state index is -0.474. The molecule has 94 valence electrons. The molecule has 1 amide bonds. The number of hydrogen-bond donors (Lipinski definition) is 1. The maximum Gasteiger partial charge on any atom is 0.408 e. The van der Waals surface area contributed by atoms with Crippen molar-refractivity contribution < 1.29 is 9.53 Å². The smallest absolute Gasteiger partial charge is 0.408 e. The Morgan fingerprint density at radius 1 is 1.35 bits per heavy atom. The number of hydrogen-bond acceptors (Lipinski definition) is 2. The van der Waals surface area contributed by atoms with Crippen molar-refractivity contribution in [2.24, 2.45) is 5.41 Å². The third-order valence-electron chi connectivity index (χ3n) is 3.78. The number of rotatable bonds is 1. The molecule has 3 heteroatoms. The second kappa shape index (κ2) is 3.66. The van der Waals surface area contributed by atoms with Gasteiger partial charge in [-0.15, -0.1) is 6.42 Å². The first-order valence-electron chi connectivity index (χ1n) is 6.27. The predicted octanol–water partition coefficient (Wildman–Crippen LogP) is 2.85. The van der Waals surface area contributed by atoms with Crippen LogP contribution in [0, 0.1) is 17.8 Å². The molecule has 2 fully saturated rings. The van der Waals surface area contributed by atoms with E-state index in [1.165, 1.54) is 19.3 Å². The summed E-state index contributed by atoms with van der Waals surface area (Å²) in [6.07, 6.45) is 10.8. The predicted molar refractivity (Wildman–Crippen MR) is 66.5 cm³/mol. The van der Waals surface area contributed by atoms with E-state index in [1.807, 2.05) is 20.8 Å². The lowest BCUT2D eigenvalue weighted by atomic mass is 9.49. The molecule has 1 N–H and O–H groups in total. The molecular weight excluding hydrogens is 214 g/mol. The molecule has 0 aliphatic heterocycles. The van der Waals surface area contributed by atoms with Gasteiger partial charge in [0.05, 0.1) is 0 Å². The number of alkyl carbamates (subject to hydrolysis) is 1. The molecule has 0 heterocycles. The minimum absolute atomic E-state index is 0.398. The first kappa shape index (κ1) is 12.3. The molecular formula is C14H21NO2. The fourth-order valence-corrected chi connectivity index (χ4v) is 2.98. The topological polar surface area (TPSA) is 38.3 Å². The molecule has 0 radical (unpaired) electrons. The Kier molecular flexibility index (Phi) is 2.65. The first-order valence-corrected chi connectivity index (χ1v) is 6.27. The third kappa shape index (κ3) is 2.41. The second-order valence-corrected chi connectivity index (χ2v) is 6.56. The van der Waals surface area contributed by atoms with Gasteiger partial charge in [0, 0.05) is 0 Å². The molecule has 17 heavy (non-hydrogen) atoms. The van der Waals surface area contributed by atoms with Gasteiger partial charge in [-0.3, -0.25) is 0 Å². The van der Waals surface area contributed by atoms with E-state index in [9.17, 15) is 4.79 Å². The van der Waals surface area contributed by atoms with Crippen LogP contribution in [0.25, 0.3) is 0 Å². The van der Waals surface area contributed by atoms with Gasteiger partial charge < -0.3 is 10.1 Å². The van der Waals surface area contributed by atoms with E-state index in [-0.39, 0.29) is 0 Å². The molecule has 2 rings (SSSR count). The highest BCUT2D eigenvalue weighted by molar-refractivity contribution is 5.70. The van der Waals surface area contributed by atoms with Crippen molar-refractivity contribution in [1.82, 2.24) is 5.32 Å². The number of ether oxygens (including phenoxy) is 1. The van der Waals surface area contributed by atoms with Crippen molar-refractivity contribution in [3.05, 3.63) is 0 Å². The molecule has 2 saturated carbocycles. The van der Waals surface area contributed by atoms with E-state index in [0.29, 0.717) is 5.41 Å². The summed E-state index contributed by atoms with van der Waals surface area (Å²) in [6, 6.07) is 0. The highest BCUT2D eigenvalue weighted by atomic mass is 16.6. The summed E-state index contributed by atoms with van der Waals surface area (Å²) in [5.41, 5.74) is -0.498. The average Bonchev–Trinajstić information content (AvgIpc) is 2.04. The summed E-state index contributed by atoms with van der Waals surface area (Å²) in [5.74, 6) is 2.74. The molecule has 0 unspecified atom stereocenters. The molecule has 0 aromatic carbocycles. The minimum Gasteiger partial charge on any atom is -0.444 e. The van der Waals surface area contributed by atoms with E-state index >= 15 is 0 Å². The van der Waals surface area contributed by atoms with Crippen molar-refractivity contribution in [3.63, 3.8) is 0 Å². The Morgan fingerprint density at radius 2 is 1.94 bits per heavy atom. The number of carbonyl (C=O) groups is 1. The van der Waals surface area contributed by atoms with Gasteiger partial charge in [0.1, 0.15) is 11.1 Å². The van der Waals surface area contributed by atoms with Crippen LogP contribution in [0.5, 0.6) is 0 Å². The fourth-order valence-electron chi connectivity index (χ4n) is 2.98. The van der Waals surface area contributed by atoms with Gasteiger partial charge in [0.2, 0.25) is 0 Å². The summed E-state index contributed by atoms with van der Waals surface area (Å²) < 4.78 is 5.25. The normalized spacial score (nSPS) is 24.1. The third-order valence-corrected chi connectivity index (χ3v) is 3.78. The molecule has 2 aliphatic rings. The molecule has 0 aromatic heterocycles. The van der Waals surface area contributed by atoms with E-state index < -0.39 is 17.2 Å². The summed E-state index contributed by atoms with van der Waals surface area (Å²) in [7, 11) is 0. The number of nitrogens with one attached hydrogen (secondary N) is 1. The Morgan fingerprint density at radius 3 is 2.29 bits per heavy atom. The highest BCUT2D eigenvalue weighted by Crippen LogP contribution is 2.60. The van der Waals surface area contributed by atoms with Crippen LogP contribution < -0.4 is 5.32 Å². The van der Waals surface area contributed by atoms with Crippen molar-refractivity contribution >= 4 is 6.09 Å². The van der Waals surface area contributed by atoms with Gasteiger partial charge in [-0.2, -0.15) is 0 Å². The van der Waals surface area contributed by atoms with Crippen LogP contribution in [-0.2, 0) is 4.74 Å². The summed E-state index contributed by atoms with van der Waals surface area (Å²) >= 11 is 0. The molecule has 0 aromatic rings. The summed E-state index contributed by atoms with van der Waals surface area (Å²) in [6.45, 7) is 5.55. The van der Waals surface area contributed by atoms with E-state index in [1.54, 1.807) is 0 Å². The Balaban J connectivity index is 1.89. The van der Waals surface area contributed by atoms with Crippen LogP contribution in [0.1, 0.15) is 52.9 Å². The molecule has 0 atom stereocenters. The lowest BCUT2D eigenvalue weighted by molar-refractivity contribution is -0.0380. The molecule has 1 spiro atoms. The van der Waals surface area contributed by atoms with Gasteiger partial charge >= 0.3 is 6.09 Å². The largest absolute Gasteiger partial charge is 0.444 e. The number of terminal acetylenes is 1. The van der Waals surface area contributed by atoms with E-state index in [0.717, 1.165) is 12.8 Å². The van der Waals surface area contributed by atoms with Crippen LogP contribution in [0.3, 0.4) is 0 Å². The fraction of sp³-hybridized carbons (Fsp3) is 0.786. The lowest BCUT2D eigenvalue weighted by Crippen LogP contribution is -2.63. The molecule has 3 nitrogen and oxygen atoms in total. The van der Waals surface area contributed by atoms with Crippen molar-refractivity contribution in [3.8, 4) is 12.3 Å². The standard InChI is InChI=1S/C14H21NO2/c1-5-14(9-13(10-14)7-6-8-13)15-11(16)17-12(2,3)4/h1H,6-10H2,2-4H3,(H,15,16). The Bertz CT molecular complexity index is 361.